The Morgan fingerprint density at radius 2 is 2.07 bits per heavy atom. The summed E-state index contributed by atoms with van der Waals surface area (Å²) in [5, 5.41) is 11.5. The van der Waals surface area contributed by atoms with E-state index in [-0.39, 0.29) is 48.0 Å². The Bertz CT molecular complexity index is 1610. The Hall–Kier alpha value is -3.92. The third-order valence-corrected chi connectivity index (χ3v) is 8.49. The van der Waals surface area contributed by atoms with Gasteiger partial charge in [-0.15, -0.1) is 0 Å². The molecule has 0 radical (unpaired) electrons. The molecule has 15 heteroatoms. The molecular weight excluding hydrogens is 608 g/mol. The van der Waals surface area contributed by atoms with E-state index in [0.717, 1.165) is 17.8 Å². The highest BCUT2D eigenvalue weighted by molar-refractivity contribution is 7.90. The first-order valence-electron chi connectivity index (χ1n) is 14.5. The number of aromatic amines is 1. The summed E-state index contributed by atoms with van der Waals surface area (Å²) in [7, 11) is -3.13. The first kappa shape index (κ1) is 32.5. The number of halogens is 2. The van der Waals surface area contributed by atoms with Crippen LogP contribution in [0.5, 0.6) is 5.75 Å². The van der Waals surface area contributed by atoms with Gasteiger partial charge in [-0.2, -0.15) is 0 Å². The van der Waals surface area contributed by atoms with Gasteiger partial charge >= 0.3 is 0 Å². The summed E-state index contributed by atoms with van der Waals surface area (Å²) in [6.07, 6.45) is 8.92. The number of imidazole rings is 1. The van der Waals surface area contributed by atoms with Crippen molar-refractivity contribution >= 4 is 38.9 Å². The Labute approximate surface area is 260 Å². The zero-order chi connectivity index (χ0) is 32.1. The molecule has 2 aliphatic rings. The zero-order valence-electron chi connectivity index (χ0n) is 25.0. The molecule has 3 aromatic rings. The summed E-state index contributed by atoms with van der Waals surface area (Å²) < 4.78 is 69.2. The number of allylic oxidation sites excluding steroid dienone is 1. The Kier molecular flexibility index (Phi) is 10.1. The minimum atomic E-state index is -3.13. The molecule has 2 saturated heterocycles. The summed E-state index contributed by atoms with van der Waals surface area (Å²) in [4.78, 5) is 13.8. The second kappa shape index (κ2) is 14.0. The average Bonchev–Trinajstić information content (AvgIpc) is 3.65. The molecule has 0 bridgehead atoms. The van der Waals surface area contributed by atoms with Crippen molar-refractivity contribution in [1.82, 2.24) is 15.0 Å². The number of hydrogen-bond donors (Lipinski definition) is 4. The lowest BCUT2D eigenvalue weighted by molar-refractivity contribution is 0.00183. The second-order valence-electron chi connectivity index (χ2n) is 11.3. The Morgan fingerprint density at radius 3 is 2.76 bits per heavy atom. The largest absolute Gasteiger partial charge is 0.488 e. The predicted molar refractivity (Wildman–Crippen MR) is 167 cm³/mol. The van der Waals surface area contributed by atoms with Crippen molar-refractivity contribution in [1.29, 1.82) is 5.41 Å². The van der Waals surface area contributed by atoms with Gasteiger partial charge in [0.05, 0.1) is 72.4 Å². The molecular formula is C30H37F2N7O5S. The van der Waals surface area contributed by atoms with Crippen molar-refractivity contribution in [3.63, 3.8) is 0 Å². The lowest BCUT2D eigenvalue weighted by Gasteiger charge is -2.42. The maximum absolute atomic E-state index is 14.8. The van der Waals surface area contributed by atoms with Crippen LogP contribution in [0.1, 0.15) is 24.6 Å². The molecule has 2 aromatic heterocycles. The summed E-state index contributed by atoms with van der Waals surface area (Å²) in [6.45, 7) is 4.12. The molecule has 242 valence electrons. The number of aromatic nitrogens is 3. The van der Waals surface area contributed by atoms with Gasteiger partial charge in [0.15, 0.2) is 0 Å². The van der Waals surface area contributed by atoms with E-state index in [1.807, 2.05) is 13.0 Å². The standard InChI is InChI=1S/C30H37F2N7O5S/c1-18-15-39(16-25(34)29(18)43-9-10-45(2,40)41)27-5-7-35-14-26(27)38-30-36-13-19(37-30)3-4-24(33)28-22(31)11-21(12-23(28)32)44-20-6-8-42-17-20/h3-5,7,11-14,18,20,25,29,33H,6,8-10,15-17,34H2,1-2H3,(H2,36,37,38)/b4-3-,33-24?. The SMILES string of the molecule is CC1CN(c2ccncc2Nc2ncc(/C=C\C(=N)c3c(F)cc(OC4CCOC4)cc3F)[nH]2)CC(N)C1OCCS(C)(=O)=O. The van der Waals surface area contributed by atoms with Crippen LogP contribution in [-0.2, 0) is 19.3 Å². The van der Waals surface area contributed by atoms with Crippen LogP contribution in [0.4, 0.5) is 26.1 Å². The van der Waals surface area contributed by atoms with Crippen molar-refractivity contribution in [3.05, 3.63) is 65.8 Å². The fourth-order valence-corrected chi connectivity index (χ4v) is 5.83. The highest BCUT2D eigenvalue weighted by Gasteiger charge is 2.34. The van der Waals surface area contributed by atoms with Crippen LogP contribution in [-0.4, -0.2) is 92.2 Å². The number of pyridine rings is 1. The molecule has 4 unspecified atom stereocenters. The van der Waals surface area contributed by atoms with E-state index in [1.165, 1.54) is 24.6 Å². The Balaban J connectivity index is 1.21. The topological polar surface area (TPSA) is 169 Å². The van der Waals surface area contributed by atoms with Gasteiger partial charge in [0.1, 0.15) is 33.3 Å². The van der Waals surface area contributed by atoms with Gasteiger partial charge < -0.3 is 40.6 Å². The van der Waals surface area contributed by atoms with Crippen LogP contribution in [0.15, 0.2) is 42.9 Å². The normalized spacial score (nSPS) is 22.2. The van der Waals surface area contributed by atoms with Gasteiger partial charge in [-0.3, -0.25) is 4.98 Å². The molecule has 0 amide bonds. The lowest BCUT2D eigenvalue weighted by atomic mass is 9.92. The van der Waals surface area contributed by atoms with Crippen LogP contribution < -0.4 is 20.7 Å². The molecule has 4 heterocycles. The predicted octanol–water partition coefficient (Wildman–Crippen LogP) is 3.29. The van der Waals surface area contributed by atoms with Gasteiger partial charge in [0.25, 0.3) is 0 Å². The molecule has 0 spiro atoms. The van der Waals surface area contributed by atoms with Crippen molar-refractivity contribution in [2.24, 2.45) is 11.7 Å². The number of anilines is 3. The molecule has 4 atom stereocenters. The first-order valence-corrected chi connectivity index (χ1v) is 16.6. The highest BCUT2D eigenvalue weighted by Crippen LogP contribution is 2.31. The van der Waals surface area contributed by atoms with Crippen LogP contribution in [0.2, 0.25) is 0 Å². The minimum absolute atomic E-state index is 0.0327. The van der Waals surface area contributed by atoms with Crippen LogP contribution >= 0.6 is 0 Å². The van der Waals surface area contributed by atoms with Crippen molar-refractivity contribution in [2.75, 3.05) is 55.1 Å². The molecule has 5 rings (SSSR count). The third kappa shape index (κ3) is 8.42. The van der Waals surface area contributed by atoms with Gasteiger partial charge in [0, 0.05) is 56.1 Å². The van der Waals surface area contributed by atoms with Crippen molar-refractivity contribution in [3.8, 4) is 5.75 Å². The van der Waals surface area contributed by atoms with Crippen LogP contribution in [0.25, 0.3) is 6.08 Å². The number of hydrogen-bond acceptors (Lipinski definition) is 11. The average molecular weight is 646 g/mol. The maximum atomic E-state index is 14.8. The van der Waals surface area contributed by atoms with E-state index in [0.29, 0.717) is 50.1 Å². The first-order chi connectivity index (χ1) is 21.5. The smallest absolute Gasteiger partial charge is 0.205 e. The molecule has 2 aliphatic heterocycles. The number of H-pyrrole nitrogens is 1. The highest BCUT2D eigenvalue weighted by atomic mass is 32.2. The van der Waals surface area contributed by atoms with Crippen LogP contribution in [0, 0.1) is 23.0 Å². The molecule has 0 aliphatic carbocycles. The number of sulfone groups is 1. The molecule has 2 fully saturated rings. The zero-order valence-corrected chi connectivity index (χ0v) is 25.8. The van der Waals surface area contributed by atoms with E-state index < -0.39 is 27.0 Å². The number of ether oxygens (including phenoxy) is 3. The number of nitrogens with zero attached hydrogens (tertiary/aromatic N) is 3. The Morgan fingerprint density at radius 1 is 1.29 bits per heavy atom. The quantitative estimate of drug-likeness (QED) is 0.215. The van der Waals surface area contributed by atoms with E-state index in [1.54, 1.807) is 12.4 Å². The van der Waals surface area contributed by atoms with E-state index in [4.69, 9.17) is 25.4 Å². The second-order valence-corrected chi connectivity index (χ2v) is 13.6. The molecule has 0 saturated carbocycles. The van der Waals surface area contributed by atoms with Crippen molar-refractivity contribution < 1.29 is 31.4 Å². The lowest BCUT2D eigenvalue weighted by Crippen LogP contribution is -2.57. The number of nitrogens with two attached hydrogens (primary N) is 1. The summed E-state index contributed by atoms with van der Waals surface area (Å²) >= 11 is 0. The van der Waals surface area contributed by atoms with E-state index in [9.17, 15) is 17.2 Å². The van der Waals surface area contributed by atoms with Crippen LogP contribution in [0.3, 0.4) is 0 Å². The summed E-state index contributed by atoms with van der Waals surface area (Å²) in [5.41, 5.74) is 7.65. The van der Waals surface area contributed by atoms with Gasteiger partial charge in [-0.05, 0) is 18.2 Å². The summed E-state index contributed by atoms with van der Waals surface area (Å²) in [5.74, 6) is -1.37. The van der Waals surface area contributed by atoms with Gasteiger partial charge in [-0.1, -0.05) is 6.92 Å². The third-order valence-electron chi connectivity index (χ3n) is 7.58. The number of piperidine rings is 1. The van der Waals surface area contributed by atoms with Gasteiger partial charge in [0.2, 0.25) is 5.95 Å². The molecule has 12 nitrogen and oxygen atoms in total. The minimum Gasteiger partial charge on any atom is -0.488 e. The number of benzene rings is 1. The molecule has 1 aromatic carbocycles. The molecule has 5 N–H and O–H groups in total. The number of rotatable bonds is 12. The fraction of sp³-hybridized carbons (Fsp3) is 0.433. The monoisotopic (exact) mass is 645 g/mol. The number of nitrogens with one attached hydrogen (secondary N) is 3. The van der Waals surface area contributed by atoms with Crippen molar-refractivity contribution in [2.45, 2.75) is 31.6 Å². The fourth-order valence-electron chi connectivity index (χ4n) is 5.43. The maximum Gasteiger partial charge on any atom is 0.205 e. The van der Waals surface area contributed by atoms with E-state index in [2.05, 4.69) is 25.2 Å². The molecule has 45 heavy (non-hydrogen) atoms. The van der Waals surface area contributed by atoms with E-state index >= 15 is 0 Å². The summed E-state index contributed by atoms with van der Waals surface area (Å²) in [6, 6.07) is 3.67. The van der Waals surface area contributed by atoms with Gasteiger partial charge in [-0.25, -0.2) is 22.2 Å².